The van der Waals surface area contributed by atoms with Crippen LogP contribution in [0.5, 0.6) is 0 Å². The molecule has 0 radical (unpaired) electrons. The van der Waals surface area contributed by atoms with E-state index in [9.17, 15) is 0 Å². The fourth-order valence-corrected chi connectivity index (χ4v) is 2.15. The maximum Gasteiger partial charge on any atom is 0.0431 e. The largest absolute Gasteiger partial charge is 0.396 e. The summed E-state index contributed by atoms with van der Waals surface area (Å²) in [6, 6.07) is 0.738. The number of rotatable bonds is 5. The van der Waals surface area contributed by atoms with E-state index in [4.69, 9.17) is 5.11 Å². The van der Waals surface area contributed by atoms with Crippen LogP contribution in [0.25, 0.3) is 0 Å². The zero-order valence-corrected chi connectivity index (χ0v) is 9.68. The highest BCUT2D eigenvalue weighted by Gasteiger charge is 2.25. The van der Waals surface area contributed by atoms with Gasteiger partial charge in [-0.2, -0.15) is 0 Å². The van der Waals surface area contributed by atoms with Gasteiger partial charge >= 0.3 is 0 Å². The van der Waals surface area contributed by atoms with Gasteiger partial charge < -0.3 is 10.4 Å². The average molecular weight is 199 g/mol. The van der Waals surface area contributed by atoms with Crippen molar-refractivity contribution < 1.29 is 5.11 Å². The van der Waals surface area contributed by atoms with Crippen molar-refractivity contribution in [3.63, 3.8) is 0 Å². The van der Waals surface area contributed by atoms with Crippen LogP contribution < -0.4 is 5.32 Å². The maximum atomic E-state index is 8.64. The van der Waals surface area contributed by atoms with Crippen LogP contribution in [0.15, 0.2) is 0 Å². The topological polar surface area (TPSA) is 32.3 Å². The number of hydrogen-bond donors (Lipinski definition) is 2. The lowest BCUT2D eigenvalue weighted by Crippen LogP contribution is -2.36. The van der Waals surface area contributed by atoms with Crippen LogP contribution in [0.1, 0.15) is 52.4 Å². The quantitative estimate of drug-likeness (QED) is 0.666. The number of unbranched alkanes of at least 4 members (excludes halogenated alkanes) is 1. The normalized spacial score (nSPS) is 22.5. The number of nitrogens with one attached hydrogen (secondary N) is 1. The Bertz CT molecular complexity index is 146. The molecule has 1 aliphatic carbocycles. The van der Waals surface area contributed by atoms with Crippen LogP contribution in [-0.4, -0.2) is 24.3 Å². The molecule has 1 fully saturated rings. The number of hydrogen-bond acceptors (Lipinski definition) is 2. The first-order valence-electron chi connectivity index (χ1n) is 5.98. The molecule has 0 unspecified atom stereocenters. The highest BCUT2D eigenvalue weighted by atomic mass is 16.2. The molecule has 0 aromatic rings. The molecular formula is C12H25NO. The van der Waals surface area contributed by atoms with Crippen LogP contribution >= 0.6 is 0 Å². The van der Waals surface area contributed by atoms with E-state index in [0.717, 1.165) is 25.4 Å². The third kappa shape index (κ3) is 4.43. The van der Waals surface area contributed by atoms with E-state index in [1.165, 1.54) is 25.7 Å². The first-order valence-corrected chi connectivity index (χ1v) is 5.98. The van der Waals surface area contributed by atoms with Gasteiger partial charge in [0, 0.05) is 12.6 Å². The van der Waals surface area contributed by atoms with E-state index in [1.54, 1.807) is 0 Å². The summed E-state index contributed by atoms with van der Waals surface area (Å²) >= 11 is 0. The van der Waals surface area contributed by atoms with Crippen molar-refractivity contribution in [2.24, 2.45) is 5.41 Å². The van der Waals surface area contributed by atoms with E-state index >= 15 is 0 Å². The van der Waals surface area contributed by atoms with Crippen LogP contribution in [0.4, 0.5) is 0 Å². The second kappa shape index (κ2) is 5.72. The smallest absolute Gasteiger partial charge is 0.0431 e. The minimum absolute atomic E-state index is 0.333. The van der Waals surface area contributed by atoms with Gasteiger partial charge in [0.15, 0.2) is 0 Å². The maximum absolute atomic E-state index is 8.64. The van der Waals surface area contributed by atoms with E-state index in [0.29, 0.717) is 12.0 Å². The van der Waals surface area contributed by atoms with Gasteiger partial charge in [-0.1, -0.05) is 13.8 Å². The summed E-state index contributed by atoms with van der Waals surface area (Å²) in [5, 5.41) is 12.2. The number of aliphatic hydroxyl groups is 1. The molecule has 14 heavy (non-hydrogen) atoms. The molecule has 1 saturated carbocycles. The average Bonchev–Trinajstić information content (AvgIpc) is 2.15. The van der Waals surface area contributed by atoms with Gasteiger partial charge in [0.05, 0.1) is 0 Å². The van der Waals surface area contributed by atoms with E-state index < -0.39 is 0 Å². The lowest BCUT2D eigenvalue weighted by atomic mass is 9.75. The van der Waals surface area contributed by atoms with Crippen LogP contribution in [0.2, 0.25) is 0 Å². The van der Waals surface area contributed by atoms with Gasteiger partial charge in [-0.05, 0) is 50.5 Å². The summed E-state index contributed by atoms with van der Waals surface area (Å²) in [4.78, 5) is 0. The highest BCUT2D eigenvalue weighted by Crippen LogP contribution is 2.34. The van der Waals surface area contributed by atoms with Crippen molar-refractivity contribution in [1.29, 1.82) is 0 Å². The molecule has 0 aromatic heterocycles. The summed E-state index contributed by atoms with van der Waals surface area (Å²) in [6.07, 6.45) is 7.40. The molecule has 0 heterocycles. The summed E-state index contributed by atoms with van der Waals surface area (Å²) < 4.78 is 0. The van der Waals surface area contributed by atoms with Crippen molar-refractivity contribution in [1.82, 2.24) is 5.32 Å². The molecule has 0 bridgehead atoms. The standard InChI is InChI=1S/C12H25NO/c1-12(2)7-5-11(6-8-12)13-9-3-4-10-14/h11,13-14H,3-10H2,1-2H3. The first-order chi connectivity index (χ1) is 6.64. The molecule has 0 aliphatic heterocycles. The monoisotopic (exact) mass is 199 g/mol. The predicted molar refractivity (Wildman–Crippen MR) is 60.4 cm³/mol. The SMILES string of the molecule is CC1(C)CCC(NCCCCO)CC1. The molecule has 2 heteroatoms. The van der Waals surface area contributed by atoms with Gasteiger partial charge in [0.1, 0.15) is 0 Å². The zero-order chi connectivity index (χ0) is 10.4. The third-order valence-corrected chi connectivity index (χ3v) is 3.36. The molecule has 0 saturated heterocycles. The Labute approximate surface area is 88.1 Å². The van der Waals surface area contributed by atoms with Crippen LogP contribution in [0.3, 0.4) is 0 Å². The molecular weight excluding hydrogens is 174 g/mol. The molecule has 0 spiro atoms. The van der Waals surface area contributed by atoms with Crippen molar-refractivity contribution in [3.8, 4) is 0 Å². The minimum atomic E-state index is 0.333. The fourth-order valence-electron chi connectivity index (χ4n) is 2.15. The second-order valence-electron chi connectivity index (χ2n) is 5.32. The van der Waals surface area contributed by atoms with Gasteiger partial charge in [-0.25, -0.2) is 0 Å². The van der Waals surface area contributed by atoms with Crippen LogP contribution in [-0.2, 0) is 0 Å². The summed E-state index contributed by atoms with van der Waals surface area (Å²) in [5.41, 5.74) is 0.573. The summed E-state index contributed by atoms with van der Waals surface area (Å²) in [6.45, 7) is 6.15. The Hall–Kier alpha value is -0.0800. The lowest BCUT2D eigenvalue weighted by Gasteiger charge is -2.34. The van der Waals surface area contributed by atoms with Crippen molar-refractivity contribution in [2.75, 3.05) is 13.2 Å². The molecule has 2 nitrogen and oxygen atoms in total. The van der Waals surface area contributed by atoms with E-state index in [2.05, 4.69) is 19.2 Å². The van der Waals surface area contributed by atoms with Gasteiger partial charge in [-0.3, -0.25) is 0 Å². The molecule has 2 N–H and O–H groups in total. The summed E-state index contributed by atoms with van der Waals surface area (Å²) in [7, 11) is 0. The van der Waals surface area contributed by atoms with Gasteiger partial charge in [0.25, 0.3) is 0 Å². The molecule has 0 amide bonds. The van der Waals surface area contributed by atoms with Crippen LogP contribution in [0, 0.1) is 5.41 Å². The second-order valence-corrected chi connectivity index (χ2v) is 5.32. The molecule has 0 aromatic carbocycles. The van der Waals surface area contributed by atoms with Crippen molar-refractivity contribution >= 4 is 0 Å². The molecule has 1 aliphatic rings. The molecule has 0 atom stereocenters. The Kier molecular flexibility index (Phi) is 4.90. The fraction of sp³-hybridized carbons (Fsp3) is 1.00. The van der Waals surface area contributed by atoms with Crippen molar-refractivity contribution in [3.05, 3.63) is 0 Å². The predicted octanol–water partition coefficient (Wildman–Crippen LogP) is 2.32. The summed E-state index contributed by atoms with van der Waals surface area (Å²) in [5.74, 6) is 0. The van der Waals surface area contributed by atoms with Gasteiger partial charge in [-0.15, -0.1) is 0 Å². The van der Waals surface area contributed by atoms with E-state index in [1.807, 2.05) is 0 Å². The first kappa shape index (κ1) is 12.0. The highest BCUT2D eigenvalue weighted by molar-refractivity contribution is 4.81. The Morgan fingerprint density at radius 2 is 1.86 bits per heavy atom. The molecule has 84 valence electrons. The minimum Gasteiger partial charge on any atom is -0.396 e. The Morgan fingerprint density at radius 3 is 2.43 bits per heavy atom. The Morgan fingerprint density at radius 1 is 1.21 bits per heavy atom. The van der Waals surface area contributed by atoms with E-state index in [-0.39, 0.29) is 0 Å². The van der Waals surface area contributed by atoms with Gasteiger partial charge in [0.2, 0.25) is 0 Å². The molecule has 1 rings (SSSR count). The third-order valence-electron chi connectivity index (χ3n) is 3.36. The Balaban J connectivity index is 2.04. The number of aliphatic hydroxyl groups excluding tert-OH is 1. The lowest BCUT2D eigenvalue weighted by molar-refractivity contribution is 0.205. The zero-order valence-electron chi connectivity index (χ0n) is 9.68. The van der Waals surface area contributed by atoms with Crippen molar-refractivity contribution in [2.45, 2.75) is 58.4 Å².